The van der Waals surface area contributed by atoms with Crippen molar-refractivity contribution in [1.82, 2.24) is 0 Å². The van der Waals surface area contributed by atoms with E-state index in [4.69, 9.17) is 10.5 Å². The largest absolute Gasteiger partial charge is 0.488 e. The van der Waals surface area contributed by atoms with E-state index in [1.165, 1.54) is 7.11 Å². The zero-order valence-corrected chi connectivity index (χ0v) is 10.5. The van der Waals surface area contributed by atoms with Gasteiger partial charge in [-0.2, -0.15) is 0 Å². The smallest absolute Gasteiger partial charge is 0.329 e. The SMILES string of the molecule is COC(=O)C(N)(COc1ccc(F)cc1F)C1CC1. The summed E-state index contributed by atoms with van der Waals surface area (Å²) in [5.41, 5.74) is 4.71. The van der Waals surface area contributed by atoms with Crippen LogP contribution < -0.4 is 10.5 Å². The number of nitrogens with two attached hydrogens (primary N) is 1. The molecule has 6 heteroatoms. The molecular weight excluding hydrogens is 256 g/mol. The standard InChI is InChI=1S/C13H15F2NO3/c1-18-12(17)13(16,8-2-3-8)7-19-11-5-4-9(14)6-10(11)15/h4-6,8H,2-3,7,16H2,1H3. The number of methoxy groups -OCH3 is 1. The first-order chi connectivity index (χ1) is 8.97. The number of hydrogen-bond acceptors (Lipinski definition) is 4. The second-order valence-electron chi connectivity index (χ2n) is 4.67. The Morgan fingerprint density at radius 2 is 2.16 bits per heavy atom. The predicted molar refractivity (Wildman–Crippen MR) is 63.5 cm³/mol. The fourth-order valence-corrected chi connectivity index (χ4v) is 1.92. The molecule has 1 fully saturated rings. The van der Waals surface area contributed by atoms with Crippen molar-refractivity contribution < 1.29 is 23.0 Å². The van der Waals surface area contributed by atoms with Crippen LogP contribution in [0.1, 0.15) is 12.8 Å². The van der Waals surface area contributed by atoms with Gasteiger partial charge in [0.2, 0.25) is 0 Å². The van der Waals surface area contributed by atoms with Crippen LogP contribution in [0.2, 0.25) is 0 Å². The molecule has 0 aliphatic heterocycles. The highest BCUT2D eigenvalue weighted by Crippen LogP contribution is 2.39. The van der Waals surface area contributed by atoms with Crippen LogP contribution in [-0.4, -0.2) is 25.2 Å². The lowest BCUT2D eigenvalue weighted by Gasteiger charge is -2.26. The zero-order valence-electron chi connectivity index (χ0n) is 10.5. The van der Waals surface area contributed by atoms with Crippen molar-refractivity contribution in [3.05, 3.63) is 29.8 Å². The van der Waals surface area contributed by atoms with Crippen LogP contribution in [0, 0.1) is 17.6 Å². The van der Waals surface area contributed by atoms with Gasteiger partial charge in [-0.25, -0.2) is 13.6 Å². The molecule has 1 aliphatic carbocycles. The van der Waals surface area contributed by atoms with Crippen LogP contribution in [0.15, 0.2) is 18.2 Å². The van der Waals surface area contributed by atoms with Gasteiger partial charge >= 0.3 is 5.97 Å². The van der Waals surface area contributed by atoms with Gasteiger partial charge in [0, 0.05) is 6.07 Å². The summed E-state index contributed by atoms with van der Waals surface area (Å²) >= 11 is 0. The summed E-state index contributed by atoms with van der Waals surface area (Å²) in [6.07, 6.45) is 1.61. The molecule has 0 spiro atoms. The van der Waals surface area contributed by atoms with E-state index >= 15 is 0 Å². The number of hydrogen-bond donors (Lipinski definition) is 1. The first-order valence-corrected chi connectivity index (χ1v) is 5.92. The summed E-state index contributed by atoms with van der Waals surface area (Å²) in [6.45, 7) is -0.201. The van der Waals surface area contributed by atoms with E-state index < -0.39 is 23.1 Å². The molecule has 0 amide bonds. The van der Waals surface area contributed by atoms with Gasteiger partial charge < -0.3 is 15.2 Å². The monoisotopic (exact) mass is 271 g/mol. The van der Waals surface area contributed by atoms with Crippen LogP contribution in [0.4, 0.5) is 8.78 Å². The predicted octanol–water partition coefficient (Wildman–Crippen LogP) is 1.62. The molecule has 4 nitrogen and oxygen atoms in total. The molecule has 2 N–H and O–H groups in total. The molecule has 19 heavy (non-hydrogen) atoms. The van der Waals surface area contributed by atoms with Crippen LogP contribution in [0.25, 0.3) is 0 Å². The normalized spacial score (nSPS) is 17.7. The molecule has 0 radical (unpaired) electrons. The lowest BCUT2D eigenvalue weighted by atomic mass is 9.96. The van der Waals surface area contributed by atoms with E-state index in [0.29, 0.717) is 6.07 Å². The van der Waals surface area contributed by atoms with Crippen molar-refractivity contribution in [2.45, 2.75) is 18.4 Å². The van der Waals surface area contributed by atoms with Gasteiger partial charge in [0.1, 0.15) is 12.4 Å². The molecule has 0 bridgehead atoms. The van der Waals surface area contributed by atoms with Crippen molar-refractivity contribution in [2.75, 3.05) is 13.7 Å². The number of ether oxygens (including phenoxy) is 2. The maximum Gasteiger partial charge on any atom is 0.329 e. The molecule has 0 saturated heterocycles. The summed E-state index contributed by atoms with van der Waals surface area (Å²) in [5, 5.41) is 0. The molecule has 1 atom stereocenters. The van der Waals surface area contributed by atoms with E-state index in [2.05, 4.69) is 4.74 Å². The van der Waals surface area contributed by atoms with Crippen LogP contribution in [-0.2, 0) is 9.53 Å². The molecule has 1 aliphatic rings. The first kappa shape index (κ1) is 13.7. The molecule has 1 aromatic carbocycles. The molecule has 2 rings (SSSR count). The average Bonchev–Trinajstić information content (AvgIpc) is 3.21. The summed E-state index contributed by atoms with van der Waals surface area (Å²) in [7, 11) is 1.24. The van der Waals surface area contributed by atoms with E-state index in [1.54, 1.807) is 0 Å². The Morgan fingerprint density at radius 3 is 2.68 bits per heavy atom. The maximum absolute atomic E-state index is 13.4. The Labute approximate surface area is 109 Å². The van der Waals surface area contributed by atoms with Crippen LogP contribution in [0.3, 0.4) is 0 Å². The summed E-state index contributed by atoms with van der Waals surface area (Å²) in [6, 6.07) is 2.95. The number of carbonyl (C=O) groups is 1. The Balaban J connectivity index is 2.09. The number of rotatable bonds is 5. The van der Waals surface area contributed by atoms with Crippen molar-refractivity contribution in [2.24, 2.45) is 11.7 Å². The zero-order chi connectivity index (χ0) is 14.0. The lowest BCUT2D eigenvalue weighted by molar-refractivity contribution is -0.149. The first-order valence-electron chi connectivity index (χ1n) is 5.92. The van der Waals surface area contributed by atoms with Gasteiger partial charge in [-0.15, -0.1) is 0 Å². The molecule has 1 aromatic rings. The van der Waals surface area contributed by atoms with Gasteiger partial charge in [-0.05, 0) is 30.9 Å². The highest BCUT2D eigenvalue weighted by molar-refractivity contribution is 5.81. The van der Waals surface area contributed by atoms with Gasteiger partial charge in [0.05, 0.1) is 7.11 Å². The molecule has 104 valence electrons. The minimum atomic E-state index is -1.28. The van der Waals surface area contributed by atoms with Gasteiger partial charge in [0.25, 0.3) is 0 Å². The Morgan fingerprint density at radius 1 is 1.47 bits per heavy atom. The highest BCUT2D eigenvalue weighted by atomic mass is 19.1. The third kappa shape index (κ3) is 2.84. The summed E-state index contributed by atoms with van der Waals surface area (Å²) in [5.74, 6) is -2.27. The Bertz CT molecular complexity index is 491. The van der Waals surface area contributed by atoms with E-state index in [9.17, 15) is 13.6 Å². The second kappa shape index (κ2) is 5.13. The maximum atomic E-state index is 13.4. The van der Waals surface area contributed by atoms with E-state index in [-0.39, 0.29) is 18.3 Å². The minimum absolute atomic E-state index is 0.0246. The van der Waals surface area contributed by atoms with Gasteiger partial charge in [0.15, 0.2) is 17.1 Å². The van der Waals surface area contributed by atoms with E-state index in [1.807, 2.05) is 0 Å². The van der Waals surface area contributed by atoms with Crippen molar-refractivity contribution in [3.8, 4) is 5.75 Å². The minimum Gasteiger partial charge on any atom is -0.488 e. The number of esters is 1. The second-order valence-corrected chi connectivity index (χ2v) is 4.67. The van der Waals surface area contributed by atoms with Crippen LogP contribution in [0.5, 0.6) is 5.75 Å². The number of halogens is 2. The third-order valence-electron chi connectivity index (χ3n) is 3.23. The van der Waals surface area contributed by atoms with Gasteiger partial charge in [-0.3, -0.25) is 0 Å². The lowest BCUT2D eigenvalue weighted by Crippen LogP contribution is -2.55. The number of carbonyl (C=O) groups excluding carboxylic acids is 1. The molecule has 1 saturated carbocycles. The molecule has 0 aromatic heterocycles. The van der Waals surface area contributed by atoms with Crippen molar-refractivity contribution in [3.63, 3.8) is 0 Å². The highest BCUT2D eigenvalue weighted by Gasteiger charge is 2.50. The van der Waals surface area contributed by atoms with Crippen molar-refractivity contribution >= 4 is 5.97 Å². The van der Waals surface area contributed by atoms with Gasteiger partial charge in [-0.1, -0.05) is 0 Å². The number of benzene rings is 1. The summed E-state index contributed by atoms with van der Waals surface area (Å²) in [4.78, 5) is 11.7. The van der Waals surface area contributed by atoms with Crippen LogP contribution >= 0.6 is 0 Å². The van der Waals surface area contributed by atoms with E-state index in [0.717, 1.165) is 25.0 Å². The topological polar surface area (TPSA) is 61.5 Å². The molecule has 1 unspecified atom stereocenters. The summed E-state index contributed by atoms with van der Waals surface area (Å²) < 4.78 is 36.0. The fourth-order valence-electron chi connectivity index (χ4n) is 1.92. The fraction of sp³-hybridized carbons (Fsp3) is 0.462. The molecular formula is C13H15F2NO3. The Hall–Kier alpha value is -1.69. The van der Waals surface area contributed by atoms with Crippen molar-refractivity contribution in [1.29, 1.82) is 0 Å². The quantitative estimate of drug-likeness (QED) is 0.827. The molecule has 0 heterocycles. The Kier molecular flexibility index (Phi) is 3.71. The average molecular weight is 271 g/mol. The third-order valence-corrected chi connectivity index (χ3v) is 3.23.